The van der Waals surface area contributed by atoms with Gasteiger partial charge in [0.25, 0.3) is 0 Å². The minimum Gasteiger partial charge on any atom is -0.497 e. The van der Waals surface area contributed by atoms with Crippen molar-refractivity contribution < 1.29 is 4.74 Å². The molecule has 0 aliphatic rings. The summed E-state index contributed by atoms with van der Waals surface area (Å²) in [7, 11) is 5.90. The summed E-state index contributed by atoms with van der Waals surface area (Å²) in [5.41, 5.74) is 2.63. The standard InChI is InChI=1S/C16H22N2OS/c1-18(2)11-16(17-10-13-8-9-20-12-13)14-4-6-15(19-3)7-5-14/h4-9,12,16-17H,10-11H2,1-3H3/t16-/m0/s1. The summed E-state index contributed by atoms with van der Waals surface area (Å²) in [4.78, 5) is 2.20. The van der Waals surface area contributed by atoms with Crippen LogP contribution in [0.3, 0.4) is 0 Å². The van der Waals surface area contributed by atoms with Gasteiger partial charge in [0.2, 0.25) is 0 Å². The summed E-state index contributed by atoms with van der Waals surface area (Å²) in [6, 6.07) is 10.8. The molecule has 1 heterocycles. The lowest BCUT2D eigenvalue weighted by Gasteiger charge is -2.23. The van der Waals surface area contributed by atoms with Crippen molar-refractivity contribution in [3.05, 3.63) is 52.2 Å². The highest BCUT2D eigenvalue weighted by molar-refractivity contribution is 7.07. The molecule has 0 saturated heterocycles. The van der Waals surface area contributed by atoms with E-state index in [0.29, 0.717) is 6.04 Å². The molecule has 0 aliphatic carbocycles. The second-order valence-corrected chi connectivity index (χ2v) is 5.88. The number of hydrogen-bond acceptors (Lipinski definition) is 4. The van der Waals surface area contributed by atoms with Crippen molar-refractivity contribution in [3.8, 4) is 5.75 Å². The van der Waals surface area contributed by atoms with Gasteiger partial charge in [-0.15, -0.1) is 0 Å². The summed E-state index contributed by atoms with van der Waals surface area (Å²) in [5.74, 6) is 0.898. The van der Waals surface area contributed by atoms with E-state index in [0.717, 1.165) is 18.8 Å². The Morgan fingerprint density at radius 1 is 1.20 bits per heavy atom. The van der Waals surface area contributed by atoms with E-state index >= 15 is 0 Å². The number of thiophene rings is 1. The number of nitrogens with zero attached hydrogens (tertiary/aromatic N) is 1. The van der Waals surface area contributed by atoms with Crippen molar-refractivity contribution in [2.45, 2.75) is 12.6 Å². The molecule has 0 fully saturated rings. The van der Waals surface area contributed by atoms with Crippen molar-refractivity contribution in [1.82, 2.24) is 10.2 Å². The Bertz CT molecular complexity index is 494. The molecule has 0 aliphatic heterocycles. The highest BCUT2D eigenvalue weighted by Crippen LogP contribution is 2.19. The Morgan fingerprint density at radius 3 is 2.50 bits per heavy atom. The average Bonchev–Trinajstić information content (AvgIpc) is 2.96. The predicted octanol–water partition coefficient (Wildman–Crippen LogP) is 3.15. The molecule has 3 nitrogen and oxygen atoms in total. The first-order chi connectivity index (χ1) is 9.69. The van der Waals surface area contributed by atoms with Crippen LogP contribution in [-0.4, -0.2) is 32.6 Å². The molecular weight excluding hydrogens is 268 g/mol. The van der Waals surface area contributed by atoms with Crippen molar-refractivity contribution in [2.24, 2.45) is 0 Å². The third-order valence-electron chi connectivity index (χ3n) is 3.20. The smallest absolute Gasteiger partial charge is 0.118 e. The topological polar surface area (TPSA) is 24.5 Å². The van der Waals surface area contributed by atoms with Crippen molar-refractivity contribution in [2.75, 3.05) is 27.7 Å². The van der Waals surface area contributed by atoms with Gasteiger partial charge in [0.15, 0.2) is 0 Å². The fraction of sp³-hybridized carbons (Fsp3) is 0.375. The summed E-state index contributed by atoms with van der Waals surface area (Å²) >= 11 is 1.74. The third kappa shape index (κ3) is 4.34. The Kier molecular flexibility index (Phi) is 5.59. The molecule has 0 saturated carbocycles. The van der Waals surface area contributed by atoms with Crippen LogP contribution in [0.1, 0.15) is 17.2 Å². The highest BCUT2D eigenvalue weighted by atomic mass is 32.1. The van der Waals surface area contributed by atoms with Gasteiger partial charge in [-0.1, -0.05) is 12.1 Å². The SMILES string of the molecule is COc1ccc([C@H](CN(C)C)NCc2ccsc2)cc1. The van der Waals surface area contributed by atoms with Gasteiger partial charge in [0.1, 0.15) is 5.75 Å². The van der Waals surface area contributed by atoms with E-state index in [9.17, 15) is 0 Å². The number of ether oxygens (including phenoxy) is 1. The maximum absolute atomic E-state index is 5.22. The van der Waals surface area contributed by atoms with Crippen LogP contribution < -0.4 is 10.1 Å². The molecule has 108 valence electrons. The van der Waals surface area contributed by atoms with E-state index in [2.05, 4.69) is 53.3 Å². The lowest BCUT2D eigenvalue weighted by Crippen LogP contribution is -2.30. The Labute approximate surface area is 125 Å². The summed E-state index contributed by atoms with van der Waals surface area (Å²) in [6.07, 6.45) is 0. The molecule has 1 aromatic carbocycles. The van der Waals surface area contributed by atoms with Gasteiger partial charge < -0.3 is 15.0 Å². The largest absolute Gasteiger partial charge is 0.497 e. The van der Waals surface area contributed by atoms with Crippen LogP contribution in [0.5, 0.6) is 5.75 Å². The van der Waals surface area contributed by atoms with E-state index in [1.165, 1.54) is 11.1 Å². The van der Waals surface area contributed by atoms with Crippen molar-refractivity contribution in [3.63, 3.8) is 0 Å². The summed E-state index contributed by atoms with van der Waals surface area (Å²) in [5, 5.41) is 7.94. The molecule has 0 radical (unpaired) electrons. The molecule has 2 rings (SSSR count). The van der Waals surface area contributed by atoms with E-state index < -0.39 is 0 Å². The van der Waals surface area contributed by atoms with E-state index in [1.807, 2.05) is 12.1 Å². The molecule has 1 atom stereocenters. The average molecular weight is 290 g/mol. The number of likely N-dealkylation sites (N-methyl/N-ethyl adjacent to an activating group) is 1. The number of benzene rings is 1. The quantitative estimate of drug-likeness (QED) is 0.848. The monoisotopic (exact) mass is 290 g/mol. The van der Waals surface area contributed by atoms with Crippen LogP contribution in [0.2, 0.25) is 0 Å². The zero-order valence-corrected chi connectivity index (χ0v) is 13.1. The summed E-state index contributed by atoms with van der Waals surface area (Å²) < 4.78 is 5.22. The first kappa shape index (κ1) is 15.0. The molecule has 4 heteroatoms. The lowest BCUT2D eigenvalue weighted by molar-refractivity contribution is 0.340. The van der Waals surface area contributed by atoms with Crippen LogP contribution in [0.15, 0.2) is 41.1 Å². The Morgan fingerprint density at radius 2 is 1.95 bits per heavy atom. The second kappa shape index (κ2) is 7.43. The van der Waals surface area contributed by atoms with Gasteiger partial charge in [0.05, 0.1) is 7.11 Å². The zero-order valence-electron chi connectivity index (χ0n) is 12.3. The Hall–Kier alpha value is -1.36. The minimum absolute atomic E-state index is 0.316. The van der Waals surface area contributed by atoms with Gasteiger partial charge in [0, 0.05) is 19.1 Å². The Balaban J connectivity index is 2.05. The normalized spacial score (nSPS) is 12.6. The van der Waals surface area contributed by atoms with Crippen LogP contribution in [-0.2, 0) is 6.54 Å². The van der Waals surface area contributed by atoms with Crippen molar-refractivity contribution >= 4 is 11.3 Å². The zero-order chi connectivity index (χ0) is 14.4. The van der Waals surface area contributed by atoms with Crippen LogP contribution >= 0.6 is 11.3 Å². The lowest BCUT2D eigenvalue weighted by atomic mass is 10.1. The molecule has 1 aromatic heterocycles. The number of rotatable bonds is 7. The fourth-order valence-electron chi connectivity index (χ4n) is 2.12. The molecule has 0 amide bonds. The summed E-state index contributed by atoms with van der Waals surface area (Å²) in [6.45, 7) is 1.87. The first-order valence-electron chi connectivity index (χ1n) is 6.72. The van der Waals surface area contributed by atoms with E-state index in [1.54, 1.807) is 18.4 Å². The van der Waals surface area contributed by atoms with Gasteiger partial charge >= 0.3 is 0 Å². The van der Waals surface area contributed by atoms with Gasteiger partial charge in [-0.2, -0.15) is 11.3 Å². The van der Waals surface area contributed by atoms with Gasteiger partial charge in [-0.3, -0.25) is 0 Å². The van der Waals surface area contributed by atoms with Crippen molar-refractivity contribution in [1.29, 1.82) is 0 Å². The molecule has 1 N–H and O–H groups in total. The molecular formula is C16H22N2OS. The van der Waals surface area contributed by atoms with Crippen LogP contribution in [0.25, 0.3) is 0 Å². The maximum Gasteiger partial charge on any atom is 0.118 e. The predicted molar refractivity (Wildman–Crippen MR) is 85.4 cm³/mol. The van der Waals surface area contributed by atoms with Gasteiger partial charge in [-0.25, -0.2) is 0 Å². The molecule has 0 bridgehead atoms. The number of methoxy groups -OCH3 is 1. The molecule has 0 spiro atoms. The minimum atomic E-state index is 0.316. The molecule has 2 aromatic rings. The van der Waals surface area contributed by atoms with Crippen LogP contribution in [0, 0.1) is 0 Å². The van der Waals surface area contributed by atoms with Gasteiger partial charge in [-0.05, 0) is 54.2 Å². The molecule has 0 unspecified atom stereocenters. The van der Waals surface area contributed by atoms with E-state index in [-0.39, 0.29) is 0 Å². The van der Waals surface area contributed by atoms with Crippen LogP contribution in [0.4, 0.5) is 0 Å². The first-order valence-corrected chi connectivity index (χ1v) is 7.66. The fourth-order valence-corrected chi connectivity index (χ4v) is 2.79. The number of hydrogen-bond donors (Lipinski definition) is 1. The second-order valence-electron chi connectivity index (χ2n) is 5.10. The third-order valence-corrected chi connectivity index (χ3v) is 3.93. The molecule has 20 heavy (non-hydrogen) atoms. The highest BCUT2D eigenvalue weighted by Gasteiger charge is 2.12. The number of nitrogens with one attached hydrogen (secondary N) is 1. The maximum atomic E-state index is 5.22. The van der Waals surface area contributed by atoms with E-state index in [4.69, 9.17) is 4.74 Å².